The molecular weight excluding hydrogens is 190 g/mol. The second kappa shape index (κ2) is 4.39. The predicted octanol–water partition coefficient (Wildman–Crippen LogP) is 0.183. The van der Waals surface area contributed by atoms with Crippen LogP contribution in [-0.2, 0) is 10.0 Å². The van der Waals surface area contributed by atoms with Crippen LogP contribution in [0.5, 0.6) is 0 Å². The van der Waals surface area contributed by atoms with E-state index in [1.807, 2.05) is 6.92 Å². The number of nitrogens with zero attached hydrogens (tertiary/aromatic N) is 1. The normalized spacial score (nSPS) is 28.0. The average molecular weight is 207 g/mol. The maximum atomic E-state index is 11.7. The van der Waals surface area contributed by atoms with Crippen molar-refractivity contribution < 1.29 is 13.5 Å². The quantitative estimate of drug-likeness (QED) is 0.715. The predicted molar refractivity (Wildman–Crippen MR) is 50.9 cm³/mol. The number of hydrogen-bond donors (Lipinski definition) is 1. The number of aliphatic hydroxyl groups excluding tert-OH is 1. The topological polar surface area (TPSA) is 57.6 Å². The maximum absolute atomic E-state index is 11.7. The Labute approximate surface area is 79.6 Å². The average Bonchev–Trinajstić information content (AvgIpc) is 2.33. The zero-order valence-electron chi connectivity index (χ0n) is 7.94. The summed E-state index contributed by atoms with van der Waals surface area (Å²) in [6.45, 7) is 3.17. The molecule has 0 saturated carbocycles. The number of rotatable bonds is 4. The Kier molecular flexibility index (Phi) is 3.70. The first-order valence-electron chi connectivity index (χ1n) is 4.72. The highest BCUT2D eigenvalue weighted by molar-refractivity contribution is 7.90. The number of aliphatic hydroxyl groups is 1. The summed E-state index contributed by atoms with van der Waals surface area (Å²) in [6, 6.07) is 0. The molecule has 1 fully saturated rings. The van der Waals surface area contributed by atoms with E-state index in [-0.39, 0.29) is 11.9 Å². The van der Waals surface area contributed by atoms with Crippen molar-refractivity contribution in [1.29, 1.82) is 0 Å². The van der Waals surface area contributed by atoms with Crippen LogP contribution in [0.1, 0.15) is 26.2 Å². The zero-order valence-corrected chi connectivity index (χ0v) is 8.76. The van der Waals surface area contributed by atoms with Gasteiger partial charge in [0, 0.05) is 19.7 Å². The van der Waals surface area contributed by atoms with E-state index in [1.54, 1.807) is 0 Å². The van der Waals surface area contributed by atoms with Gasteiger partial charge < -0.3 is 5.11 Å². The summed E-state index contributed by atoms with van der Waals surface area (Å²) in [5.74, 6) is 0. The molecule has 0 bridgehead atoms. The fourth-order valence-electron chi connectivity index (χ4n) is 1.70. The molecule has 0 aromatic rings. The third-order valence-corrected chi connectivity index (χ3v) is 4.80. The van der Waals surface area contributed by atoms with Crippen molar-refractivity contribution in [3.8, 4) is 0 Å². The summed E-state index contributed by atoms with van der Waals surface area (Å²) < 4.78 is 24.9. The molecule has 78 valence electrons. The van der Waals surface area contributed by atoms with E-state index >= 15 is 0 Å². The molecule has 0 aromatic heterocycles. The van der Waals surface area contributed by atoms with Gasteiger partial charge in [0.25, 0.3) is 0 Å². The van der Waals surface area contributed by atoms with Gasteiger partial charge in [-0.15, -0.1) is 0 Å². The minimum absolute atomic E-state index is 0.0378. The van der Waals surface area contributed by atoms with Crippen molar-refractivity contribution >= 4 is 10.0 Å². The van der Waals surface area contributed by atoms with Crippen LogP contribution in [0.3, 0.4) is 0 Å². The lowest BCUT2D eigenvalue weighted by Crippen LogP contribution is -2.30. The highest BCUT2D eigenvalue weighted by Crippen LogP contribution is 2.23. The Morgan fingerprint density at radius 1 is 1.54 bits per heavy atom. The van der Waals surface area contributed by atoms with E-state index in [9.17, 15) is 8.42 Å². The molecule has 0 aliphatic carbocycles. The number of sulfonamides is 1. The highest BCUT2D eigenvalue weighted by Gasteiger charge is 2.37. The minimum atomic E-state index is -3.08. The van der Waals surface area contributed by atoms with E-state index in [4.69, 9.17) is 5.11 Å². The third-order valence-electron chi connectivity index (χ3n) is 2.41. The fourth-order valence-corrected chi connectivity index (χ4v) is 3.73. The second-order valence-corrected chi connectivity index (χ2v) is 5.58. The van der Waals surface area contributed by atoms with E-state index in [1.165, 1.54) is 4.31 Å². The smallest absolute Gasteiger partial charge is 0.217 e. The Balaban J connectivity index is 2.66. The molecule has 5 heteroatoms. The van der Waals surface area contributed by atoms with Crippen LogP contribution < -0.4 is 0 Å². The van der Waals surface area contributed by atoms with E-state index in [0.29, 0.717) is 25.9 Å². The third kappa shape index (κ3) is 2.21. The van der Waals surface area contributed by atoms with E-state index < -0.39 is 10.0 Å². The zero-order chi connectivity index (χ0) is 9.90. The Morgan fingerprint density at radius 2 is 2.23 bits per heavy atom. The van der Waals surface area contributed by atoms with Crippen molar-refractivity contribution in [3.63, 3.8) is 0 Å². The van der Waals surface area contributed by atoms with Crippen LogP contribution in [-0.4, -0.2) is 42.8 Å². The van der Waals surface area contributed by atoms with E-state index in [2.05, 4.69) is 0 Å². The van der Waals surface area contributed by atoms with Crippen molar-refractivity contribution in [2.45, 2.75) is 31.4 Å². The molecule has 1 atom stereocenters. The summed E-state index contributed by atoms with van der Waals surface area (Å²) in [4.78, 5) is 0. The molecule has 1 N–H and O–H groups in total. The van der Waals surface area contributed by atoms with Crippen LogP contribution >= 0.6 is 0 Å². The molecule has 0 amide bonds. The van der Waals surface area contributed by atoms with Crippen LogP contribution in [0.25, 0.3) is 0 Å². The lowest BCUT2D eigenvalue weighted by molar-refractivity contribution is 0.285. The van der Waals surface area contributed by atoms with Crippen LogP contribution in [0.15, 0.2) is 0 Å². The van der Waals surface area contributed by atoms with Crippen LogP contribution in [0.2, 0.25) is 0 Å². The summed E-state index contributed by atoms with van der Waals surface area (Å²) >= 11 is 0. The summed E-state index contributed by atoms with van der Waals surface area (Å²) in [5.41, 5.74) is 0. The standard InChI is InChI=1S/C8H17NO3S/c1-2-5-9-6-3-8(4-7-10)13(9,11)12/h8,10H,2-7H2,1H3. The van der Waals surface area contributed by atoms with Gasteiger partial charge in [-0.3, -0.25) is 0 Å². The molecule has 0 aromatic carbocycles. The van der Waals surface area contributed by atoms with Gasteiger partial charge in [-0.1, -0.05) is 6.92 Å². The van der Waals surface area contributed by atoms with Crippen LogP contribution in [0, 0.1) is 0 Å². The summed E-state index contributed by atoms with van der Waals surface area (Å²) in [6.07, 6.45) is 1.90. The maximum Gasteiger partial charge on any atom is 0.217 e. The Bertz CT molecular complexity index is 230. The summed E-state index contributed by atoms with van der Waals surface area (Å²) in [7, 11) is -3.08. The molecule has 1 aliphatic rings. The van der Waals surface area contributed by atoms with Crippen molar-refractivity contribution in [2.75, 3.05) is 19.7 Å². The van der Waals surface area contributed by atoms with Crippen molar-refractivity contribution in [1.82, 2.24) is 4.31 Å². The van der Waals surface area contributed by atoms with Gasteiger partial charge in [0.15, 0.2) is 0 Å². The van der Waals surface area contributed by atoms with Gasteiger partial charge in [-0.2, -0.15) is 0 Å². The van der Waals surface area contributed by atoms with Gasteiger partial charge in [0.05, 0.1) is 5.25 Å². The molecule has 0 radical (unpaired) electrons. The highest BCUT2D eigenvalue weighted by atomic mass is 32.2. The van der Waals surface area contributed by atoms with Gasteiger partial charge in [0.1, 0.15) is 0 Å². The molecule has 4 nitrogen and oxygen atoms in total. The molecule has 1 saturated heterocycles. The largest absolute Gasteiger partial charge is 0.396 e. The second-order valence-electron chi connectivity index (χ2n) is 3.37. The molecule has 0 spiro atoms. The minimum Gasteiger partial charge on any atom is -0.396 e. The van der Waals surface area contributed by atoms with E-state index in [0.717, 1.165) is 6.42 Å². The Morgan fingerprint density at radius 3 is 2.77 bits per heavy atom. The van der Waals surface area contributed by atoms with Crippen LogP contribution in [0.4, 0.5) is 0 Å². The molecular formula is C8H17NO3S. The Hall–Kier alpha value is -0.130. The van der Waals surface area contributed by atoms with Gasteiger partial charge >= 0.3 is 0 Å². The number of hydrogen-bond acceptors (Lipinski definition) is 3. The lowest BCUT2D eigenvalue weighted by atomic mass is 10.2. The van der Waals surface area contributed by atoms with Crippen molar-refractivity contribution in [2.24, 2.45) is 0 Å². The first-order valence-corrected chi connectivity index (χ1v) is 6.23. The van der Waals surface area contributed by atoms with Gasteiger partial charge in [-0.25, -0.2) is 12.7 Å². The molecule has 1 unspecified atom stereocenters. The molecule has 1 aliphatic heterocycles. The molecule has 13 heavy (non-hydrogen) atoms. The van der Waals surface area contributed by atoms with Gasteiger partial charge in [0.2, 0.25) is 10.0 Å². The SMILES string of the molecule is CCCN1CCC(CCO)S1(=O)=O. The monoisotopic (exact) mass is 207 g/mol. The fraction of sp³-hybridized carbons (Fsp3) is 1.00. The lowest BCUT2D eigenvalue weighted by Gasteiger charge is -2.15. The van der Waals surface area contributed by atoms with Gasteiger partial charge in [-0.05, 0) is 19.3 Å². The van der Waals surface area contributed by atoms with Crippen molar-refractivity contribution in [3.05, 3.63) is 0 Å². The summed E-state index contributed by atoms with van der Waals surface area (Å²) in [5, 5.41) is 8.35. The molecule has 1 rings (SSSR count). The first kappa shape index (κ1) is 10.9. The first-order chi connectivity index (χ1) is 6.12. The molecule has 1 heterocycles.